The summed E-state index contributed by atoms with van der Waals surface area (Å²) in [6.07, 6.45) is -0.647. The first-order valence-electron chi connectivity index (χ1n) is 7.77. The number of likely N-dealkylation sites (tertiary alicyclic amines) is 1. The lowest BCUT2D eigenvalue weighted by Gasteiger charge is -2.18. The zero-order valence-corrected chi connectivity index (χ0v) is 14.7. The Morgan fingerprint density at radius 1 is 1.21 bits per heavy atom. The van der Waals surface area contributed by atoms with Crippen LogP contribution in [0.3, 0.4) is 0 Å². The van der Waals surface area contributed by atoms with E-state index in [1.165, 1.54) is 19.0 Å². The minimum atomic E-state index is -3.42. The molecular weight excluding hydrogens is 332 g/mol. The maximum Gasteiger partial charge on any atom is 0.227 e. The average molecular weight is 356 g/mol. The van der Waals surface area contributed by atoms with Crippen molar-refractivity contribution in [3.8, 4) is 0 Å². The number of aliphatic hydroxyl groups excluding tert-OH is 2. The molecule has 7 nitrogen and oxygen atoms in total. The van der Waals surface area contributed by atoms with Gasteiger partial charge in [0.2, 0.25) is 15.9 Å². The second-order valence-corrected chi connectivity index (χ2v) is 8.57. The summed E-state index contributed by atoms with van der Waals surface area (Å²) in [6, 6.07) is 7.08. The van der Waals surface area contributed by atoms with Crippen molar-refractivity contribution in [2.45, 2.75) is 19.1 Å². The normalized spacial score (nSPS) is 21.5. The summed E-state index contributed by atoms with van der Waals surface area (Å²) in [6.45, 7) is 0.345. The fourth-order valence-corrected chi connectivity index (χ4v) is 3.86. The summed E-state index contributed by atoms with van der Waals surface area (Å²) in [5.41, 5.74) is 1.59. The highest BCUT2D eigenvalue weighted by atomic mass is 32.2. The van der Waals surface area contributed by atoms with Gasteiger partial charge in [-0.2, -0.15) is 0 Å². The standard InChI is InChI=1S/C16H24N2O5S/c1-17(2)24(22,23)11-14-8-18(9-15(14)20)16(21)7-12-3-5-13(10-19)6-4-12/h3-6,14-15,19-20H,7-11H2,1-2H3/t14-,15-/m0/s1. The molecule has 0 bridgehead atoms. The van der Waals surface area contributed by atoms with Gasteiger partial charge in [-0.1, -0.05) is 24.3 Å². The van der Waals surface area contributed by atoms with Crippen LogP contribution < -0.4 is 0 Å². The Hall–Kier alpha value is -1.48. The molecule has 2 N–H and O–H groups in total. The predicted octanol–water partition coefficient (Wildman–Crippen LogP) is -0.568. The van der Waals surface area contributed by atoms with Crippen molar-refractivity contribution in [1.29, 1.82) is 0 Å². The van der Waals surface area contributed by atoms with Crippen LogP contribution in [0.5, 0.6) is 0 Å². The van der Waals surface area contributed by atoms with Gasteiger partial charge in [0.25, 0.3) is 0 Å². The highest BCUT2D eigenvalue weighted by molar-refractivity contribution is 7.89. The van der Waals surface area contributed by atoms with Gasteiger partial charge < -0.3 is 15.1 Å². The molecule has 1 aromatic carbocycles. The lowest BCUT2D eigenvalue weighted by atomic mass is 10.1. The molecular formula is C16H24N2O5S. The van der Waals surface area contributed by atoms with Gasteiger partial charge in [-0.15, -0.1) is 0 Å². The van der Waals surface area contributed by atoms with Crippen LogP contribution in [0.25, 0.3) is 0 Å². The van der Waals surface area contributed by atoms with E-state index in [2.05, 4.69) is 0 Å². The number of nitrogens with zero attached hydrogens (tertiary/aromatic N) is 2. The zero-order valence-electron chi connectivity index (χ0n) is 13.9. The molecule has 0 unspecified atom stereocenters. The maximum atomic E-state index is 12.4. The van der Waals surface area contributed by atoms with Crippen LogP contribution in [-0.2, 0) is 27.8 Å². The Bertz CT molecular complexity index is 672. The van der Waals surface area contributed by atoms with E-state index in [4.69, 9.17) is 5.11 Å². The van der Waals surface area contributed by atoms with Crippen molar-refractivity contribution in [2.24, 2.45) is 5.92 Å². The smallest absolute Gasteiger partial charge is 0.227 e. The highest BCUT2D eigenvalue weighted by Gasteiger charge is 2.37. The molecule has 0 spiro atoms. The number of carbonyl (C=O) groups excluding carboxylic acids is 1. The van der Waals surface area contributed by atoms with Gasteiger partial charge in [0.05, 0.1) is 24.9 Å². The van der Waals surface area contributed by atoms with Gasteiger partial charge in [0.1, 0.15) is 0 Å². The number of carbonyl (C=O) groups is 1. The number of rotatable bonds is 6. The monoisotopic (exact) mass is 356 g/mol. The first-order valence-corrected chi connectivity index (χ1v) is 9.38. The summed E-state index contributed by atoms with van der Waals surface area (Å²) in [5.74, 6) is -0.787. The Kier molecular flexibility index (Phi) is 5.97. The number of aliphatic hydroxyl groups is 2. The van der Waals surface area contributed by atoms with Gasteiger partial charge in [0.15, 0.2) is 0 Å². The van der Waals surface area contributed by atoms with E-state index in [1.807, 2.05) is 0 Å². The molecule has 1 aliphatic rings. The molecule has 0 radical (unpaired) electrons. The second kappa shape index (κ2) is 7.60. The first kappa shape index (κ1) is 18.9. The molecule has 1 aromatic rings. The molecule has 1 fully saturated rings. The van der Waals surface area contributed by atoms with Crippen LogP contribution >= 0.6 is 0 Å². The van der Waals surface area contributed by atoms with E-state index >= 15 is 0 Å². The van der Waals surface area contributed by atoms with E-state index in [0.717, 1.165) is 15.4 Å². The summed E-state index contributed by atoms with van der Waals surface area (Å²) >= 11 is 0. The topological polar surface area (TPSA) is 98.2 Å². The number of hydrogen-bond donors (Lipinski definition) is 2. The number of amides is 1. The number of hydrogen-bond acceptors (Lipinski definition) is 5. The molecule has 134 valence electrons. The number of β-amino-alcohol motifs (C(OH)–C–C–N with tert-alkyl or cyclic N) is 1. The molecule has 1 amide bonds. The third-order valence-electron chi connectivity index (χ3n) is 4.30. The van der Waals surface area contributed by atoms with Crippen molar-refractivity contribution in [3.63, 3.8) is 0 Å². The van der Waals surface area contributed by atoms with Crippen molar-refractivity contribution in [1.82, 2.24) is 9.21 Å². The summed E-state index contributed by atoms with van der Waals surface area (Å²) in [5, 5.41) is 19.1. The third-order valence-corrected chi connectivity index (χ3v) is 6.26. The molecule has 1 aliphatic heterocycles. The molecule has 24 heavy (non-hydrogen) atoms. The fraction of sp³-hybridized carbons (Fsp3) is 0.562. The molecule has 8 heteroatoms. The van der Waals surface area contributed by atoms with Crippen molar-refractivity contribution >= 4 is 15.9 Å². The van der Waals surface area contributed by atoms with Crippen molar-refractivity contribution in [3.05, 3.63) is 35.4 Å². The molecule has 1 heterocycles. The zero-order chi connectivity index (χ0) is 17.9. The van der Waals surface area contributed by atoms with Crippen LogP contribution in [0.1, 0.15) is 11.1 Å². The van der Waals surface area contributed by atoms with Gasteiger partial charge >= 0.3 is 0 Å². The van der Waals surface area contributed by atoms with Crippen molar-refractivity contribution in [2.75, 3.05) is 32.9 Å². The quantitative estimate of drug-likeness (QED) is 0.711. The SMILES string of the molecule is CN(C)S(=O)(=O)C[C@@H]1CN(C(=O)Cc2ccc(CO)cc2)C[C@@H]1O. The molecule has 2 rings (SSSR count). The molecule has 0 aromatic heterocycles. The largest absolute Gasteiger partial charge is 0.392 e. The summed E-state index contributed by atoms with van der Waals surface area (Å²) in [4.78, 5) is 13.9. The lowest BCUT2D eigenvalue weighted by Crippen LogP contribution is -2.34. The van der Waals surface area contributed by atoms with Crippen LogP contribution in [0, 0.1) is 5.92 Å². The highest BCUT2D eigenvalue weighted by Crippen LogP contribution is 2.21. The maximum absolute atomic E-state index is 12.4. The number of sulfonamides is 1. The lowest BCUT2D eigenvalue weighted by molar-refractivity contribution is -0.129. The first-order chi connectivity index (χ1) is 11.2. The van der Waals surface area contributed by atoms with E-state index in [1.54, 1.807) is 24.3 Å². The van der Waals surface area contributed by atoms with Gasteiger partial charge in [-0.05, 0) is 11.1 Å². The Morgan fingerprint density at radius 2 is 1.79 bits per heavy atom. The number of benzene rings is 1. The minimum absolute atomic E-state index is 0.0471. The molecule has 1 saturated heterocycles. The van der Waals surface area contributed by atoms with E-state index in [-0.39, 0.29) is 37.8 Å². The van der Waals surface area contributed by atoms with Crippen LogP contribution in [0.2, 0.25) is 0 Å². The van der Waals surface area contributed by atoms with Crippen LogP contribution in [0.4, 0.5) is 0 Å². The van der Waals surface area contributed by atoms with Gasteiger partial charge in [-0.25, -0.2) is 12.7 Å². The molecule has 0 aliphatic carbocycles. The molecule has 2 atom stereocenters. The van der Waals surface area contributed by atoms with Crippen molar-refractivity contribution < 1.29 is 23.4 Å². The van der Waals surface area contributed by atoms with E-state index < -0.39 is 22.0 Å². The van der Waals surface area contributed by atoms with Crippen LogP contribution in [-0.4, -0.2) is 72.8 Å². The minimum Gasteiger partial charge on any atom is -0.392 e. The second-order valence-electron chi connectivity index (χ2n) is 6.34. The molecule has 0 saturated carbocycles. The Labute approximate surface area is 142 Å². The Morgan fingerprint density at radius 3 is 2.33 bits per heavy atom. The van der Waals surface area contributed by atoms with Gasteiger partial charge in [-0.3, -0.25) is 4.79 Å². The van der Waals surface area contributed by atoms with Gasteiger partial charge in [0, 0.05) is 33.1 Å². The summed E-state index contributed by atoms with van der Waals surface area (Å²) in [7, 11) is -0.511. The fourth-order valence-electron chi connectivity index (χ4n) is 2.69. The van der Waals surface area contributed by atoms with E-state index in [0.29, 0.717) is 0 Å². The van der Waals surface area contributed by atoms with Crippen LogP contribution in [0.15, 0.2) is 24.3 Å². The Balaban J connectivity index is 1.96. The summed E-state index contributed by atoms with van der Waals surface area (Å²) < 4.78 is 25.0. The average Bonchev–Trinajstić information content (AvgIpc) is 2.88. The van der Waals surface area contributed by atoms with E-state index in [9.17, 15) is 18.3 Å². The third kappa shape index (κ3) is 4.54. The predicted molar refractivity (Wildman–Crippen MR) is 89.6 cm³/mol.